The fraction of sp³-hybridized carbons (Fsp3) is 0.800. The Hall–Kier alpha value is -1.14. The number of rotatable bonds is 7. The van der Waals surface area contributed by atoms with E-state index in [1.54, 1.807) is 0 Å². The Kier molecular flexibility index (Phi) is 7.49. The zero-order valence-corrected chi connectivity index (χ0v) is 10.1. The maximum absolute atomic E-state index is 11.9. The van der Waals surface area contributed by atoms with Gasteiger partial charge in [-0.1, -0.05) is 6.92 Å². The van der Waals surface area contributed by atoms with Gasteiger partial charge >= 0.3 is 5.97 Å². The van der Waals surface area contributed by atoms with Crippen molar-refractivity contribution in [2.45, 2.75) is 19.4 Å². The van der Waals surface area contributed by atoms with Gasteiger partial charge in [-0.2, -0.15) is 0 Å². The lowest BCUT2D eigenvalue weighted by Gasteiger charge is -2.24. The van der Waals surface area contributed by atoms with Crippen LogP contribution in [0.1, 0.15) is 13.3 Å². The molecule has 1 amide bonds. The lowest BCUT2D eigenvalue weighted by atomic mass is 10.2. The molecule has 0 aromatic rings. The van der Waals surface area contributed by atoms with Crippen LogP contribution in [0, 0.1) is 0 Å². The molecule has 0 aromatic carbocycles. The average Bonchev–Trinajstić information content (AvgIpc) is 2.29. The van der Waals surface area contributed by atoms with Gasteiger partial charge in [-0.05, 0) is 6.42 Å². The van der Waals surface area contributed by atoms with Gasteiger partial charge < -0.3 is 20.1 Å². The predicted molar refractivity (Wildman–Crippen MR) is 58.7 cm³/mol. The lowest BCUT2D eigenvalue weighted by Crippen LogP contribution is -2.46. The van der Waals surface area contributed by atoms with E-state index < -0.39 is 12.1 Å². The minimum Gasteiger partial charge on any atom is -0.468 e. The standard InChI is InChI=1S/C10H20N2O4/c1-4-5-12(7-9(13)16-3)10(14)8(6-11)15-2/h8H,4-7,11H2,1-3H3. The molecular weight excluding hydrogens is 212 g/mol. The molecule has 0 heterocycles. The summed E-state index contributed by atoms with van der Waals surface area (Å²) in [7, 11) is 2.70. The van der Waals surface area contributed by atoms with Gasteiger partial charge in [0.1, 0.15) is 12.6 Å². The topological polar surface area (TPSA) is 81.9 Å². The van der Waals surface area contributed by atoms with Crippen molar-refractivity contribution in [1.82, 2.24) is 4.90 Å². The Balaban J connectivity index is 4.50. The van der Waals surface area contributed by atoms with Crippen molar-refractivity contribution in [3.8, 4) is 0 Å². The number of methoxy groups -OCH3 is 2. The van der Waals surface area contributed by atoms with Crippen LogP contribution in [0.15, 0.2) is 0 Å². The fourth-order valence-electron chi connectivity index (χ4n) is 1.26. The Bertz CT molecular complexity index is 229. The molecule has 0 saturated heterocycles. The highest BCUT2D eigenvalue weighted by atomic mass is 16.5. The molecule has 94 valence electrons. The normalized spacial score (nSPS) is 12.0. The quantitative estimate of drug-likeness (QED) is 0.591. The van der Waals surface area contributed by atoms with Gasteiger partial charge in [0.05, 0.1) is 7.11 Å². The molecule has 1 unspecified atom stereocenters. The van der Waals surface area contributed by atoms with Gasteiger partial charge in [0.25, 0.3) is 5.91 Å². The van der Waals surface area contributed by atoms with Gasteiger partial charge in [-0.3, -0.25) is 9.59 Å². The van der Waals surface area contributed by atoms with E-state index in [9.17, 15) is 9.59 Å². The summed E-state index contributed by atoms with van der Waals surface area (Å²) in [5.74, 6) is -0.731. The summed E-state index contributed by atoms with van der Waals surface area (Å²) in [5, 5.41) is 0. The van der Waals surface area contributed by atoms with Crippen LogP contribution in [0.4, 0.5) is 0 Å². The van der Waals surface area contributed by atoms with Crippen molar-refractivity contribution < 1.29 is 19.1 Å². The maximum atomic E-state index is 11.9. The molecule has 0 fully saturated rings. The third-order valence-electron chi connectivity index (χ3n) is 2.13. The highest BCUT2D eigenvalue weighted by Gasteiger charge is 2.24. The number of hydrogen-bond acceptors (Lipinski definition) is 5. The van der Waals surface area contributed by atoms with Crippen LogP contribution in [-0.2, 0) is 19.1 Å². The predicted octanol–water partition coefficient (Wildman–Crippen LogP) is -0.628. The van der Waals surface area contributed by atoms with E-state index in [2.05, 4.69) is 4.74 Å². The zero-order valence-electron chi connectivity index (χ0n) is 10.1. The van der Waals surface area contributed by atoms with E-state index >= 15 is 0 Å². The van der Waals surface area contributed by atoms with E-state index in [1.165, 1.54) is 19.1 Å². The van der Waals surface area contributed by atoms with Crippen LogP contribution >= 0.6 is 0 Å². The number of carbonyl (C=O) groups is 2. The lowest BCUT2D eigenvalue weighted by molar-refractivity contribution is -0.151. The Morgan fingerprint density at radius 2 is 2.00 bits per heavy atom. The fourth-order valence-corrected chi connectivity index (χ4v) is 1.26. The van der Waals surface area contributed by atoms with Gasteiger partial charge in [-0.15, -0.1) is 0 Å². The number of ether oxygens (including phenoxy) is 2. The summed E-state index contributed by atoms with van der Waals surface area (Å²) in [6.45, 7) is 2.43. The number of hydrogen-bond donors (Lipinski definition) is 1. The molecule has 1 atom stereocenters. The monoisotopic (exact) mass is 232 g/mol. The summed E-state index contributed by atoms with van der Waals surface area (Å²) in [6, 6.07) is 0. The van der Waals surface area contributed by atoms with Crippen LogP contribution in [0.5, 0.6) is 0 Å². The molecule has 16 heavy (non-hydrogen) atoms. The minimum absolute atomic E-state index is 0.0664. The van der Waals surface area contributed by atoms with Crippen LogP contribution in [0.25, 0.3) is 0 Å². The van der Waals surface area contributed by atoms with E-state index in [0.29, 0.717) is 6.54 Å². The molecule has 2 N–H and O–H groups in total. The summed E-state index contributed by atoms with van der Waals surface area (Å²) in [5.41, 5.74) is 5.39. The van der Waals surface area contributed by atoms with E-state index in [0.717, 1.165) is 6.42 Å². The van der Waals surface area contributed by atoms with Gasteiger partial charge in [0, 0.05) is 20.2 Å². The first kappa shape index (κ1) is 14.9. The summed E-state index contributed by atoms with van der Waals surface area (Å²) < 4.78 is 9.45. The zero-order chi connectivity index (χ0) is 12.6. The highest BCUT2D eigenvalue weighted by molar-refractivity contribution is 5.85. The molecular formula is C10H20N2O4. The molecule has 6 nitrogen and oxygen atoms in total. The first-order chi connectivity index (χ1) is 7.60. The number of nitrogens with two attached hydrogens (primary N) is 1. The van der Waals surface area contributed by atoms with Crippen molar-refractivity contribution in [2.75, 3.05) is 33.9 Å². The first-order valence-corrected chi connectivity index (χ1v) is 5.19. The minimum atomic E-state index is -0.698. The third kappa shape index (κ3) is 4.59. The Labute approximate surface area is 95.7 Å². The van der Waals surface area contributed by atoms with Gasteiger partial charge in [0.2, 0.25) is 0 Å². The molecule has 0 aliphatic carbocycles. The Morgan fingerprint density at radius 3 is 2.38 bits per heavy atom. The molecule has 0 aliphatic rings. The van der Waals surface area contributed by atoms with Crippen LogP contribution in [0.3, 0.4) is 0 Å². The van der Waals surface area contributed by atoms with E-state index in [-0.39, 0.29) is 19.0 Å². The molecule has 0 rings (SSSR count). The van der Waals surface area contributed by atoms with Gasteiger partial charge in [0.15, 0.2) is 0 Å². The summed E-state index contributed by atoms with van der Waals surface area (Å²) in [4.78, 5) is 24.4. The maximum Gasteiger partial charge on any atom is 0.325 e. The van der Waals surface area contributed by atoms with Crippen LogP contribution < -0.4 is 5.73 Å². The number of esters is 1. The smallest absolute Gasteiger partial charge is 0.325 e. The highest BCUT2D eigenvalue weighted by Crippen LogP contribution is 2.00. The number of amides is 1. The summed E-state index contributed by atoms with van der Waals surface area (Å²) in [6.07, 6.45) is 0.0558. The molecule has 0 aliphatic heterocycles. The molecule has 0 saturated carbocycles. The Morgan fingerprint density at radius 1 is 1.38 bits per heavy atom. The van der Waals surface area contributed by atoms with Crippen molar-refractivity contribution in [3.05, 3.63) is 0 Å². The second kappa shape index (κ2) is 8.06. The van der Waals surface area contributed by atoms with Crippen molar-refractivity contribution in [3.63, 3.8) is 0 Å². The molecule has 0 spiro atoms. The molecule has 0 aromatic heterocycles. The van der Waals surface area contributed by atoms with E-state index in [1.807, 2.05) is 6.92 Å². The van der Waals surface area contributed by atoms with Crippen LogP contribution in [-0.4, -0.2) is 56.7 Å². The molecule has 6 heteroatoms. The van der Waals surface area contributed by atoms with Crippen LogP contribution in [0.2, 0.25) is 0 Å². The second-order valence-corrected chi connectivity index (χ2v) is 3.30. The third-order valence-corrected chi connectivity index (χ3v) is 2.13. The first-order valence-electron chi connectivity index (χ1n) is 5.19. The molecule has 0 bridgehead atoms. The average molecular weight is 232 g/mol. The van der Waals surface area contributed by atoms with Crippen molar-refractivity contribution in [2.24, 2.45) is 5.73 Å². The SMILES string of the molecule is CCCN(CC(=O)OC)C(=O)C(CN)OC. The second-order valence-electron chi connectivity index (χ2n) is 3.30. The van der Waals surface area contributed by atoms with Gasteiger partial charge in [-0.25, -0.2) is 0 Å². The van der Waals surface area contributed by atoms with Crippen molar-refractivity contribution in [1.29, 1.82) is 0 Å². The summed E-state index contributed by atoms with van der Waals surface area (Å²) >= 11 is 0. The molecule has 0 radical (unpaired) electrons. The van der Waals surface area contributed by atoms with Crippen molar-refractivity contribution >= 4 is 11.9 Å². The largest absolute Gasteiger partial charge is 0.468 e. The van der Waals surface area contributed by atoms with E-state index in [4.69, 9.17) is 10.5 Å². The number of nitrogens with zero attached hydrogens (tertiary/aromatic N) is 1. The number of carbonyl (C=O) groups excluding carboxylic acids is 2.